The van der Waals surface area contributed by atoms with Gasteiger partial charge in [-0.3, -0.25) is 19.5 Å². The van der Waals surface area contributed by atoms with Gasteiger partial charge in [-0.15, -0.1) is 0 Å². The average molecular weight is 841 g/mol. The van der Waals surface area contributed by atoms with Crippen molar-refractivity contribution in [3.63, 3.8) is 0 Å². The number of rotatable bonds is 6. The van der Waals surface area contributed by atoms with Crippen LogP contribution >= 0.6 is 56.5 Å². The van der Waals surface area contributed by atoms with Gasteiger partial charge in [-0.2, -0.15) is 0 Å². The molecule has 45 heavy (non-hydrogen) atoms. The Bertz CT molecular complexity index is 2190. The quantitative estimate of drug-likeness (QED) is 0.103. The van der Waals surface area contributed by atoms with Crippen molar-refractivity contribution in [2.45, 2.75) is 25.5 Å². The Hall–Kier alpha value is -3.69. The first kappa shape index (κ1) is 30.0. The Kier molecular flexibility index (Phi) is 8.16. The van der Waals surface area contributed by atoms with Crippen LogP contribution in [-0.2, 0) is 13.0 Å². The van der Waals surface area contributed by atoms with Crippen LogP contribution in [-0.4, -0.2) is 9.49 Å². The summed E-state index contributed by atoms with van der Waals surface area (Å²) < 4.78 is 24.1. The molecule has 4 aromatic carbocycles. The third-order valence-electron chi connectivity index (χ3n) is 7.91. The van der Waals surface area contributed by atoms with Gasteiger partial charge < -0.3 is 4.74 Å². The summed E-state index contributed by atoms with van der Waals surface area (Å²) in [5.74, 6) is 0.384. The molecule has 0 spiro atoms. The molecule has 1 aromatic heterocycles. The number of nitrogens with zero attached hydrogens (tertiary/aromatic N) is 3. The lowest BCUT2D eigenvalue weighted by Crippen LogP contribution is -2.38. The Morgan fingerprint density at radius 2 is 1.73 bits per heavy atom. The van der Waals surface area contributed by atoms with Crippen LogP contribution in [0.2, 0.25) is 0 Å². The minimum atomic E-state index is -0.428. The fourth-order valence-corrected chi connectivity index (χ4v) is 8.92. The molecule has 0 amide bonds. The molecule has 1 atom stereocenters. The van der Waals surface area contributed by atoms with Crippen molar-refractivity contribution in [3.8, 4) is 5.75 Å². The van der Waals surface area contributed by atoms with Gasteiger partial charge in [0.05, 0.1) is 28.3 Å². The summed E-state index contributed by atoms with van der Waals surface area (Å²) in [6.07, 6.45) is 3.49. The van der Waals surface area contributed by atoms with Crippen LogP contribution in [0.4, 0.5) is 10.1 Å². The zero-order valence-corrected chi connectivity index (χ0v) is 28.5. The highest BCUT2D eigenvalue weighted by atomic mass is 127. The molecule has 5 aromatic rings. The lowest BCUT2D eigenvalue weighted by atomic mass is 9.83. The first-order valence-electron chi connectivity index (χ1n) is 14.0. The van der Waals surface area contributed by atoms with Gasteiger partial charge in [0.25, 0.3) is 11.2 Å². The van der Waals surface area contributed by atoms with Crippen LogP contribution in [0.25, 0.3) is 11.8 Å². The largest absolute Gasteiger partial charge is 0.487 e. The van der Waals surface area contributed by atoms with Crippen molar-refractivity contribution in [1.29, 1.82) is 0 Å². The number of benzene rings is 4. The summed E-state index contributed by atoms with van der Waals surface area (Å²) in [7, 11) is 0. The Morgan fingerprint density at radius 3 is 2.44 bits per heavy atom. The molecule has 0 fully saturated rings. The number of thiazole rings is 1. The van der Waals surface area contributed by atoms with E-state index in [4.69, 9.17) is 9.73 Å². The first-order valence-corrected chi connectivity index (χ1v) is 17.0. The molecule has 1 unspecified atom stereocenters. The van der Waals surface area contributed by atoms with E-state index < -0.39 is 4.92 Å². The first-order chi connectivity index (χ1) is 21.8. The maximum atomic E-state index is 14.1. The van der Waals surface area contributed by atoms with Crippen LogP contribution in [0.15, 0.2) is 100 Å². The van der Waals surface area contributed by atoms with E-state index in [2.05, 4.69) is 57.3 Å². The van der Waals surface area contributed by atoms with Gasteiger partial charge in [-0.05, 0) is 128 Å². The van der Waals surface area contributed by atoms with Gasteiger partial charge in [0.1, 0.15) is 18.2 Å². The minimum Gasteiger partial charge on any atom is -0.487 e. The van der Waals surface area contributed by atoms with E-state index in [1.165, 1.54) is 41.2 Å². The Balaban J connectivity index is 1.27. The molecular formula is C34H22FI2N3O4S. The van der Waals surface area contributed by atoms with E-state index in [1.807, 2.05) is 30.3 Å². The standard InChI is InChI=1S/C34H22FI2N3O4S/c35-23-10-7-22(8-11-23)31-26-14-9-21-3-1-2-4-25(21)30(26)38-34-39(31)33(41)29(45-34)17-20-15-27(36)32(28(37)16-20)44-18-19-5-12-24(13-6-19)40(42)43/h1-8,10-13,15-17,31H,9,14,18H2. The average Bonchev–Trinajstić information content (AvgIpc) is 3.34. The van der Waals surface area contributed by atoms with E-state index in [0.29, 0.717) is 15.1 Å². The molecule has 7 rings (SSSR count). The van der Waals surface area contributed by atoms with Crippen molar-refractivity contribution in [1.82, 2.24) is 4.57 Å². The lowest BCUT2D eigenvalue weighted by Gasteiger charge is -2.30. The fraction of sp³-hybridized carbons (Fsp3) is 0.118. The molecule has 0 saturated heterocycles. The molecule has 0 saturated carbocycles. The highest BCUT2D eigenvalue weighted by Gasteiger charge is 2.32. The van der Waals surface area contributed by atoms with Gasteiger partial charge in [-0.25, -0.2) is 9.38 Å². The normalized spacial score (nSPS) is 15.6. The van der Waals surface area contributed by atoms with E-state index in [-0.39, 0.29) is 29.7 Å². The number of allylic oxidation sites excluding steroid dienone is 1. The summed E-state index contributed by atoms with van der Waals surface area (Å²) in [4.78, 5) is 30.2. The number of nitro groups is 1. The SMILES string of the molecule is O=c1c(=Cc2cc(I)c(OCc3ccc([N+](=O)[O-])cc3)c(I)c2)sc2n1C(c1ccc(F)cc1)C1=C(N=2)c2ccccc2CC1. The number of aromatic nitrogens is 1. The summed E-state index contributed by atoms with van der Waals surface area (Å²) in [6, 6.07) is 24.5. The molecular weight excluding hydrogens is 819 g/mol. The van der Waals surface area contributed by atoms with Gasteiger partial charge in [0.2, 0.25) is 0 Å². The number of fused-ring (bicyclic) bond motifs is 3. The molecule has 7 nitrogen and oxygen atoms in total. The highest BCUT2D eigenvalue weighted by Crippen LogP contribution is 2.41. The van der Waals surface area contributed by atoms with E-state index >= 15 is 0 Å². The molecule has 2 aliphatic rings. The maximum absolute atomic E-state index is 14.1. The zero-order chi connectivity index (χ0) is 31.2. The summed E-state index contributed by atoms with van der Waals surface area (Å²) in [6.45, 7) is 0.263. The summed E-state index contributed by atoms with van der Waals surface area (Å²) in [5.41, 5.74) is 6.70. The zero-order valence-electron chi connectivity index (χ0n) is 23.4. The summed E-state index contributed by atoms with van der Waals surface area (Å²) in [5, 5.41) is 10.9. The van der Waals surface area contributed by atoms with E-state index in [0.717, 1.165) is 53.5 Å². The topological polar surface area (TPSA) is 86.7 Å². The molecule has 0 N–H and O–H groups in total. The van der Waals surface area contributed by atoms with Gasteiger partial charge in [0.15, 0.2) is 4.80 Å². The van der Waals surface area contributed by atoms with Crippen molar-refractivity contribution >= 4 is 74.0 Å². The molecule has 0 bridgehead atoms. The predicted molar refractivity (Wildman–Crippen MR) is 188 cm³/mol. The number of aryl methyl sites for hydroxylation is 1. The Labute approximate surface area is 287 Å². The third kappa shape index (κ3) is 5.76. The second kappa shape index (κ2) is 12.2. The van der Waals surface area contributed by atoms with Crippen LogP contribution < -0.4 is 19.6 Å². The van der Waals surface area contributed by atoms with Crippen molar-refractivity contribution in [2.24, 2.45) is 4.99 Å². The van der Waals surface area contributed by atoms with Crippen molar-refractivity contribution < 1.29 is 14.1 Å². The summed E-state index contributed by atoms with van der Waals surface area (Å²) >= 11 is 5.79. The third-order valence-corrected chi connectivity index (χ3v) is 10.5. The second-order valence-electron chi connectivity index (χ2n) is 10.7. The molecule has 0 radical (unpaired) electrons. The van der Waals surface area contributed by atoms with E-state index in [1.54, 1.807) is 28.8 Å². The van der Waals surface area contributed by atoms with Crippen LogP contribution in [0.1, 0.15) is 40.3 Å². The van der Waals surface area contributed by atoms with Crippen LogP contribution in [0, 0.1) is 23.1 Å². The predicted octanol–water partition coefficient (Wildman–Crippen LogP) is 7.15. The molecule has 1 aliphatic carbocycles. The van der Waals surface area contributed by atoms with Gasteiger partial charge in [0, 0.05) is 17.7 Å². The number of halogens is 3. The smallest absolute Gasteiger partial charge is 0.271 e. The molecule has 2 heterocycles. The number of hydrogen-bond donors (Lipinski definition) is 0. The van der Waals surface area contributed by atoms with Crippen LogP contribution in [0.3, 0.4) is 0 Å². The van der Waals surface area contributed by atoms with Crippen molar-refractivity contribution in [2.75, 3.05) is 0 Å². The molecule has 224 valence electrons. The van der Waals surface area contributed by atoms with Crippen molar-refractivity contribution in [3.05, 3.63) is 161 Å². The number of hydrogen-bond acceptors (Lipinski definition) is 6. The molecule has 11 heteroatoms. The fourth-order valence-electron chi connectivity index (χ4n) is 5.79. The lowest BCUT2D eigenvalue weighted by molar-refractivity contribution is -0.384. The highest BCUT2D eigenvalue weighted by molar-refractivity contribution is 14.1. The molecule has 1 aliphatic heterocycles. The maximum Gasteiger partial charge on any atom is 0.271 e. The Morgan fingerprint density at radius 1 is 1.02 bits per heavy atom. The van der Waals surface area contributed by atoms with Gasteiger partial charge in [-0.1, -0.05) is 47.7 Å². The minimum absolute atomic E-state index is 0.0338. The number of non-ortho nitro benzene ring substituents is 1. The second-order valence-corrected chi connectivity index (χ2v) is 14.0. The van der Waals surface area contributed by atoms with Crippen LogP contribution in [0.5, 0.6) is 5.75 Å². The number of nitro benzene ring substituents is 1. The number of ether oxygens (including phenoxy) is 1. The van der Waals surface area contributed by atoms with E-state index in [9.17, 15) is 19.3 Å². The van der Waals surface area contributed by atoms with Gasteiger partial charge >= 0.3 is 0 Å². The monoisotopic (exact) mass is 841 g/mol.